The predicted molar refractivity (Wildman–Crippen MR) is 58.7 cm³/mol. The molecule has 0 fully saturated rings. The van der Waals surface area contributed by atoms with Gasteiger partial charge in [0.15, 0.2) is 11.5 Å². The Morgan fingerprint density at radius 3 is 2.29 bits per heavy atom. The summed E-state index contributed by atoms with van der Waals surface area (Å²) in [7, 11) is 2.37. The van der Waals surface area contributed by atoms with Crippen molar-refractivity contribution >= 4 is 5.97 Å². The number of esters is 1. The number of rotatable bonds is 2. The van der Waals surface area contributed by atoms with E-state index in [0.717, 1.165) is 7.11 Å². The molecule has 0 aromatic heterocycles. The van der Waals surface area contributed by atoms with Gasteiger partial charge in [-0.05, 0) is 18.6 Å². The molecule has 1 rings (SSSR count). The molecule has 0 saturated heterocycles. The van der Waals surface area contributed by atoms with Crippen LogP contribution in [0.1, 0.15) is 15.9 Å². The summed E-state index contributed by atoms with van der Waals surface area (Å²) in [5, 5.41) is 19.1. The maximum absolute atomic E-state index is 11.6. The molecule has 0 heterocycles. The topological polar surface area (TPSA) is 93.1 Å². The summed E-state index contributed by atoms with van der Waals surface area (Å²) in [6.07, 6.45) is 0. The molecule has 0 atom stereocenters. The maximum atomic E-state index is 11.6. The number of carbonyl (C=O) groups excluding carboxylic acids is 1. The number of hydrogen-bond acceptors (Lipinski definition) is 6. The number of hydrogen-bond donors (Lipinski definition) is 2. The van der Waals surface area contributed by atoms with Crippen LogP contribution in [-0.2, 0) is 4.74 Å². The average molecular weight is 240 g/mol. The Bertz CT molecular complexity index is 520. The average Bonchev–Trinajstić information content (AvgIpc) is 2.40. The lowest BCUT2D eigenvalue weighted by Crippen LogP contribution is -2.07. The predicted octanol–water partition coefficient (Wildman–Crippen LogP) is 0.562. The molecule has 0 unspecified atom stereocenters. The van der Waals surface area contributed by atoms with Gasteiger partial charge in [0, 0.05) is 0 Å². The van der Waals surface area contributed by atoms with Crippen LogP contribution in [0.4, 0.5) is 0 Å². The number of aryl methyl sites for hydroxylation is 1. The smallest absolute Gasteiger partial charge is 0.342 e. The first-order valence-corrected chi connectivity index (χ1v) is 4.66. The molecular formula is C11H12O6. The minimum Gasteiger partial charge on any atom is -0.503 e. The fourth-order valence-electron chi connectivity index (χ4n) is 1.38. The van der Waals surface area contributed by atoms with Gasteiger partial charge in [-0.25, -0.2) is 4.79 Å². The van der Waals surface area contributed by atoms with Crippen molar-refractivity contribution < 1.29 is 24.5 Å². The number of methoxy groups -OCH3 is 2. The second kappa shape index (κ2) is 4.73. The van der Waals surface area contributed by atoms with Gasteiger partial charge in [-0.15, -0.1) is 0 Å². The summed E-state index contributed by atoms with van der Waals surface area (Å²) >= 11 is 0. The lowest BCUT2D eigenvalue weighted by molar-refractivity contribution is 0.0596. The first-order chi connectivity index (χ1) is 7.93. The van der Waals surface area contributed by atoms with E-state index in [9.17, 15) is 19.8 Å². The van der Waals surface area contributed by atoms with Crippen molar-refractivity contribution in [3.63, 3.8) is 0 Å². The van der Waals surface area contributed by atoms with Gasteiger partial charge < -0.3 is 19.7 Å². The van der Waals surface area contributed by atoms with Crippen molar-refractivity contribution in [3.05, 3.63) is 27.4 Å². The van der Waals surface area contributed by atoms with Crippen LogP contribution in [0.15, 0.2) is 10.9 Å². The maximum Gasteiger partial charge on any atom is 0.342 e. The van der Waals surface area contributed by atoms with Crippen LogP contribution in [0.2, 0.25) is 0 Å². The summed E-state index contributed by atoms with van der Waals surface area (Å²) in [6, 6.07) is 1.27. The SMILES string of the molecule is COC(=O)c1c(C)cc(OC)c(O)c(=O)c1O. The second-order valence-corrected chi connectivity index (χ2v) is 3.29. The summed E-state index contributed by atoms with van der Waals surface area (Å²) in [4.78, 5) is 23.0. The van der Waals surface area contributed by atoms with Gasteiger partial charge in [0.1, 0.15) is 5.56 Å². The van der Waals surface area contributed by atoms with Gasteiger partial charge in [-0.1, -0.05) is 0 Å². The van der Waals surface area contributed by atoms with Crippen LogP contribution in [-0.4, -0.2) is 30.4 Å². The van der Waals surface area contributed by atoms with Gasteiger partial charge in [0.25, 0.3) is 5.43 Å². The summed E-state index contributed by atoms with van der Waals surface area (Å²) < 4.78 is 9.22. The van der Waals surface area contributed by atoms with Crippen molar-refractivity contribution in [2.75, 3.05) is 14.2 Å². The van der Waals surface area contributed by atoms with Crippen LogP contribution < -0.4 is 10.2 Å². The quantitative estimate of drug-likeness (QED) is 0.734. The Balaban J connectivity index is 3.78. The second-order valence-electron chi connectivity index (χ2n) is 3.29. The van der Waals surface area contributed by atoms with Crippen molar-refractivity contribution in [2.24, 2.45) is 0 Å². The Labute approximate surface area is 97.0 Å². The molecule has 6 heteroatoms. The summed E-state index contributed by atoms with van der Waals surface area (Å²) in [6.45, 7) is 1.48. The highest BCUT2D eigenvalue weighted by Crippen LogP contribution is 2.27. The number of aromatic hydroxyl groups is 2. The third kappa shape index (κ3) is 2.15. The highest BCUT2D eigenvalue weighted by molar-refractivity contribution is 5.94. The zero-order chi connectivity index (χ0) is 13.2. The first kappa shape index (κ1) is 12.8. The Hall–Kier alpha value is -2.24. The third-order valence-electron chi connectivity index (χ3n) is 2.25. The van der Waals surface area contributed by atoms with Crippen LogP contribution >= 0.6 is 0 Å². The van der Waals surface area contributed by atoms with Crippen molar-refractivity contribution in [1.82, 2.24) is 0 Å². The van der Waals surface area contributed by atoms with Crippen LogP contribution in [0.25, 0.3) is 0 Å². The Morgan fingerprint density at radius 1 is 1.24 bits per heavy atom. The zero-order valence-electron chi connectivity index (χ0n) is 9.60. The molecule has 1 aromatic rings. The van der Waals surface area contributed by atoms with Crippen molar-refractivity contribution in [3.8, 4) is 17.2 Å². The molecule has 0 radical (unpaired) electrons. The van der Waals surface area contributed by atoms with E-state index in [1.807, 2.05) is 0 Å². The molecule has 0 saturated carbocycles. The number of carbonyl (C=O) groups is 1. The van der Waals surface area contributed by atoms with E-state index in [-0.39, 0.29) is 16.9 Å². The van der Waals surface area contributed by atoms with Gasteiger partial charge in [0.2, 0.25) is 5.75 Å². The van der Waals surface area contributed by atoms with E-state index in [1.165, 1.54) is 20.1 Å². The molecule has 0 aliphatic carbocycles. The molecule has 92 valence electrons. The van der Waals surface area contributed by atoms with Crippen molar-refractivity contribution in [1.29, 1.82) is 0 Å². The van der Waals surface area contributed by atoms with Gasteiger partial charge >= 0.3 is 5.97 Å². The van der Waals surface area contributed by atoms with E-state index in [2.05, 4.69) is 4.74 Å². The molecule has 17 heavy (non-hydrogen) atoms. The minimum atomic E-state index is -1.09. The molecule has 0 aliphatic rings. The molecule has 0 amide bonds. The zero-order valence-corrected chi connectivity index (χ0v) is 9.60. The van der Waals surface area contributed by atoms with Crippen LogP contribution in [0.5, 0.6) is 17.2 Å². The summed E-state index contributed by atoms with van der Waals surface area (Å²) in [5.74, 6) is -2.62. The van der Waals surface area contributed by atoms with Gasteiger partial charge in [-0.2, -0.15) is 0 Å². The normalized spacial score (nSPS) is 9.82. The Morgan fingerprint density at radius 2 is 1.82 bits per heavy atom. The monoisotopic (exact) mass is 240 g/mol. The van der Waals surface area contributed by atoms with E-state index in [4.69, 9.17) is 4.74 Å². The van der Waals surface area contributed by atoms with Crippen LogP contribution in [0, 0.1) is 6.92 Å². The lowest BCUT2D eigenvalue weighted by atomic mass is 10.1. The molecule has 2 N–H and O–H groups in total. The van der Waals surface area contributed by atoms with E-state index in [0.29, 0.717) is 0 Å². The van der Waals surface area contributed by atoms with E-state index in [1.54, 1.807) is 0 Å². The van der Waals surface area contributed by atoms with Gasteiger partial charge in [0.05, 0.1) is 14.2 Å². The Kier molecular flexibility index (Phi) is 3.57. The standard InChI is InChI=1S/C11H12O6/c1-5-4-6(16-2)8(12)10(14)9(13)7(5)11(15)17-3/h4H,1-3H3,(H2,12,13,14). The summed E-state index contributed by atoms with van der Waals surface area (Å²) in [5.41, 5.74) is -1.13. The molecule has 0 bridgehead atoms. The highest BCUT2D eigenvalue weighted by Gasteiger charge is 2.20. The first-order valence-electron chi connectivity index (χ1n) is 4.66. The molecule has 0 aliphatic heterocycles. The fourth-order valence-corrected chi connectivity index (χ4v) is 1.38. The third-order valence-corrected chi connectivity index (χ3v) is 2.25. The fraction of sp³-hybridized carbons (Fsp3) is 0.273. The molecule has 6 nitrogen and oxygen atoms in total. The number of ether oxygens (including phenoxy) is 2. The van der Waals surface area contributed by atoms with Crippen LogP contribution in [0.3, 0.4) is 0 Å². The molecule has 0 spiro atoms. The molecular weight excluding hydrogens is 228 g/mol. The van der Waals surface area contributed by atoms with Crippen molar-refractivity contribution in [2.45, 2.75) is 6.92 Å². The minimum absolute atomic E-state index is 0.127. The van der Waals surface area contributed by atoms with E-state index >= 15 is 0 Å². The largest absolute Gasteiger partial charge is 0.503 e. The molecule has 1 aromatic carbocycles. The lowest BCUT2D eigenvalue weighted by Gasteiger charge is -2.01. The van der Waals surface area contributed by atoms with Gasteiger partial charge in [-0.3, -0.25) is 4.79 Å². The van der Waals surface area contributed by atoms with E-state index < -0.39 is 22.9 Å². The highest BCUT2D eigenvalue weighted by atomic mass is 16.5.